The smallest absolute Gasteiger partial charge is 0.141 e. The molecular formula is C65H49IN4. The van der Waals surface area contributed by atoms with Crippen molar-refractivity contribution < 1.29 is 0 Å². The van der Waals surface area contributed by atoms with Gasteiger partial charge in [-0.1, -0.05) is 199 Å². The lowest BCUT2D eigenvalue weighted by Crippen LogP contribution is -2.21. The molecule has 4 aliphatic rings. The molecule has 0 spiro atoms. The molecule has 0 N–H and O–H groups in total. The lowest BCUT2D eigenvalue weighted by atomic mass is 9.81. The number of allylic oxidation sites excluding steroid dienone is 15. The molecule has 3 aromatic heterocycles. The van der Waals surface area contributed by atoms with Gasteiger partial charge in [-0.3, -0.25) is 9.56 Å². The summed E-state index contributed by atoms with van der Waals surface area (Å²) in [5, 5.41) is 4.84. The summed E-state index contributed by atoms with van der Waals surface area (Å²) in [6.07, 6.45) is 31.5. The fourth-order valence-corrected chi connectivity index (χ4v) is 11.8. The molecule has 0 saturated carbocycles. The van der Waals surface area contributed by atoms with Crippen molar-refractivity contribution in [3.05, 3.63) is 264 Å². The summed E-state index contributed by atoms with van der Waals surface area (Å²) in [5.41, 5.74) is 17.7. The first kappa shape index (κ1) is 42.5. The van der Waals surface area contributed by atoms with Gasteiger partial charge in [0.15, 0.2) is 0 Å². The normalized spacial score (nSPS) is 19.0. The number of fused-ring (bicyclic) bond motifs is 7. The second-order valence-electron chi connectivity index (χ2n) is 18.7. The van der Waals surface area contributed by atoms with Crippen LogP contribution in [0.1, 0.15) is 49.0 Å². The minimum absolute atomic E-state index is 0.104. The monoisotopic (exact) mass is 1010 g/mol. The third-order valence-electron chi connectivity index (χ3n) is 14.4. The average Bonchev–Trinajstić information content (AvgIpc) is 3.79. The lowest BCUT2D eigenvalue weighted by molar-refractivity contribution is 0.583. The molecule has 3 unspecified atom stereocenters. The van der Waals surface area contributed by atoms with E-state index in [1.165, 1.54) is 77.1 Å². The first-order valence-electron chi connectivity index (χ1n) is 24.5. The Hall–Kier alpha value is -7.61. The molecule has 3 atom stereocenters. The maximum absolute atomic E-state index is 5.73. The third kappa shape index (κ3) is 7.60. The topological polar surface area (TPSA) is 35.1 Å². The Kier molecular flexibility index (Phi) is 11.0. The molecule has 4 nitrogen and oxygen atoms in total. The van der Waals surface area contributed by atoms with Crippen molar-refractivity contribution >= 4 is 71.9 Å². The SMILES string of the molecule is IC1C=CC(c2cc(-c3ccccc3)cc(-c3ccccc3)c2)=NC1n1c2ccccc2c2c3c(ccc21)c1ccccc1n3-c1cccc(C2C=C(C3=CCCC=C3)C=C(C3=CC=CCC=C3)C2)n1. The van der Waals surface area contributed by atoms with E-state index in [-0.39, 0.29) is 16.0 Å². The molecule has 336 valence electrons. The van der Waals surface area contributed by atoms with Crippen LogP contribution in [0.15, 0.2) is 258 Å². The van der Waals surface area contributed by atoms with Gasteiger partial charge in [-0.15, -0.1) is 0 Å². The first-order valence-corrected chi connectivity index (χ1v) is 25.8. The number of hydrogen-bond acceptors (Lipinski definition) is 2. The van der Waals surface area contributed by atoms with E-state index in [1.54, 1.807) is 0 Å². The van der Waals surface area contributed by atoms with E-state index in [0.29, 0.717) is 0 Å². The Morgan fingerprint density at radius 3 is 2.07 bits per heavy atom. The summed E-state index contributed by atoms with van der Waals surface area (Å²) in [4.78, 5) is 11.4. The van der Waals surface area contributed by atoms with Crippen LogP contribution in [0.5, 0.6) is 0 Å². The van der Waals surface area contributed by atoms with Crippen molar-refractivity contribution in [3.8, 4) is 28.1 Å². The molecule has 0 fully saturated rings. The number of alkyl halides is 1. The number of nitrogens with zero attached hydrogens (tertiary/aromatic N) is 4. The zero-order chi connectivity index (χ0) is 46.5. The van der Waals surface area contributed by atoms with Gasteiger partial charge in [0.1, 0.15) is 12.0 Å². The van der Waals surface area contributed by atoms with Gasteiger partial charge < -0.3 is 4.57 Å². The van der Waals surface area contributed by atoms with Crippen molar-refractivity contribution in [2.75, 3.05) is 0 Å². The highest BCUT2D eigenvalue weighted by molar-refractivity contribution is 14.1. The number of pyridine rings is 1. The van der Waals surface area contributed by atoms with E-state index in [9.17, 15) is 0 Å². The summed E-state index contributed by atoms with van der Waals surface area (Å²) in [5.74, 6) is 1.03. The zero-order valence-electron chi connectivity index (χ0n) is 38.7. The van der Waals surface area contributed by atoms with Crippen LogP contribution in [0.2, 0.25) is 0 Å². The van der Waals surface area contributed by atoms with E-state index >= 15 is 0 Å². The Morgan fingerprint density at radius 2 is 1.29 bits per heavy atom. The molecule has 9 aromatic rings. The predicted molar refractivity (Wildman–Crippen MR) is 302 cm³/mol. The summed E-state index contributed by atoms with van der Waals surface area (Å²) < 4.78 is 5.04. The number of aromatic nitrogens is 3. The van der Waals surface area contributed by atoms with E-state index in [2.05, 4.69) is 262 Å². The highest BCUT2D eigenvalue weighted by Gasteiger charge is 2.29. The zero-order valence-corrected chi connectivity index (χ0v) is 40.8. The number of rotatable bonds is 8. The second-order valence-corrected chi connectivity index (χ2v) is 20.1. The van der Waals surface area contributed by atoms with E-state index in [4.69, 9.17) is 9.98 Å². The van der Waals surface area contributed by atoms with Gasteiger partial charge in [-0.25, -0.2) is 4.98 Å². The predicted octanol–water partition coefficient (Wildman–Crippen LogP) is 17.0. The Labute approximate surface area is 422 Å². The molecule has 0 bridgehead atoms. The number of benzene rings is 6. The molecule has 6 aromatic carbocycles. The second kappa shape index (κ2) is 18.0. The molecule has 5 heteroatoms. The Bertz CT molecular complexity index is 3790. The maximum Gasteiger partial charge on any atom is 0.141 e. The van der Waals surface area contributed by atoms with Crippen LogP contribution < -0.4 is 0 Å². The molecule has 0 saturated heterocycles. The molecule has 4 heterocycles. The van der Waals surface area contributed by atoms with Crippen molar-refractivity contribution in [2.24, 2.45) is 4.99 Å². The fourth-order valence-electron chi connectivity index (χ4n) is 11.1. The largest absolute Gasteiger partial charge is 0.316 e. The number of para-hydroxylation sites is 2. The lowest BCUT2D eigenvalue weighted by Gasteiger charge is -2.25. The Balaban J connectivity index is 0.975. The number of aliphatic imine (C=N–C) groups is 1. The molecular weight excluding hydrogens is 964 g/mol. The van der Waals surface area contributed by atoms with Crippen molar-refractivity contribution in [2.45, 2.75) is 41.7 Å². The van der Waals surface area contributed by atoms with Crippen molar-refractivity contribution in [3.63, 3.8) is 0 Å². The molecule has 13 rings (SSSR count). The van der Waals surface area contributed by atoms with Gasteiger partial charge in [-0.05, 0) is 125 Å². The van der Waals surface area contributed by atoms with E-state index in [1.807, 2.05) is 0 Å². The van der Waals surface area contributed by atoms with E-state index in [0.717, 1.165) is 59.5 Å². The van der Waals surface area contributed by atoms with Gasteiger partial charge >= 0.3 is 0 Å². The molecule has 0 amide bonds. The Morgan fingerprint density at radius 1 is 0.557 bits per heavy atom. The molecule has 0 radical (unpaired) electrons. The van der Waals surface area contributed by atoms with Crippen LogP contribution >= 0.6 is 22.6 Å². The standard InChI is InChI=1S/C65H49IN4/c66-56-34-35-58(52-41-49(45-23-10-4-11-24-45)38-50(42-52)46-25-12-5-13-26-46)68-65(56)69-60-31-17-15-28-55(60)63-61(69)36-33-54-53-27-14-16-30-59(53)70(64(54)63)62-32-18-29-57(67-62)51-39-47(43-19-6-1-2-7-20-43)37-48(40-51)44-21-8-3-9-22-44/h1,4-8,10-38,40-42,51,56,65H,2-3,9,39H2. The van der Waals surface area contributed by atoms with Gasteiger partial charge in [0.05, 0.1) is 37.4 Å². The summed E-state index contributed by atoms with van der Waals surface area (Å²) in [6.45, 7) is 0. The summed E-state index contributed by atoms with van der Waals surface area (Å²) in [7, 11) is 0. The van der Waals surface area contributed by atoms with Crippen LogP contribution in [0.4, 0.5) is 0 Å². The van der Waals surface area contributed by atoms with E-state index < -0.39 is 0 Å². The highest BCUT2D eigenvalue weighted by Crippen LogP contribution is 2.45. The van der Waals surface area contributed by atoms with Crippen LogP contribution in [-0.4, -0.2) is 23.8 Å². The first-order chi connectivity index (χ1) is 34.6. The number of halogens is 1. The summed E-state index contributed by atoms with van der Waals surface area (Å²) >= 11 is 2.59. The maximum atomic E-state index is 5.73. The van der Waals surface area contributed by atoms with Crippen LogP contribution in [0, 0.1) is 0 Å². The minimum Gasteiger partial charge on any atom is -0.316 e. The fraction of sp³-hybridized carbons (Fsp3) is 0.108. The summed E-state index contributed by atoms with van der Waals surface area (Å²) in [6, 6.07) is 57.3. The third-order valence-corrected chi connectivity index (χ3v) is 15.5. The minimum atomic E-state index is -0.196. The number of dihydropyridines is 1. The number of hydrogen-bond donors (Lipinski definition) is 0. The van der Waals surface area contributed by atoms with Gasteiger partial charge in [0, 0.05) is 33.0 Å². The van der Waals surface area contributed by atoms with Crippen molar-refractivity contribution in [1.29, 1.82) is 0 Å². The average molecular weight is 1010 g/mol. The molecule has 3 aliphatic carbocycles. The van der Waals surface area contributed by atoms with Crippen LogP contribution in [-0.2, 0) is 0 Å². The quantitative estimate of drug-likeness (QED) is 0.110. The van der Waals surface area contributed by atoms with Gasteiger partial charge in [0.2, 0.25) is 0 Å². The van der Waals surface area contributed by atoms with Gasteiger partial charge in [-0.2, -0.15) is 0 Å². The van der Waals surface area contributed by atoms with Crippen LogP contribution in [0.3, 0.4) is 0 Å². The van der Waals surface area contributed by atoms with Crippen LogP contribution in [0.25, 0.3) is 71.7 Å². The molecule has 1 aliphatic heterocycles. The van der Waals surface area contributed by atoms with Gasteiger partial charge in [0.25, 0.3) is 0 Å². The highest BCUT2D eigenvalue weighted by atomic mass is 127. The molecule has 70 heavy (non-hydrogen) atoms. The van der Waals surface area contributed by atoms with Crippen molar-refractivity contribution in [1.82, 2.24) is 14.1 Å².